The molecule has 0 spiro atoms. The van der Waals surface area contributed by atoms with Crippen LogP contribution in [0.4, 0.5) is 13.6 Å². The molecule has 0 atom stereocenters. The predicted octanol–water partition coefficient (Wildman–Crippen LogP) is 4.64. The molecule has 27 heavy (non-hydrogen) atoms. The van der Waals surface area contributed by atoms with E-state index in [1.165, 1.54) is 0 Å². The third-order valence-corrected chi connectivity index (χ3v) is 5.38. The van der Waals surface area contributed by atoms with Crippen molar-refractivity contribution in [3.63, 3.8) is 0 Å². The quantitative estimate of drug-likeness (QED) is 0.823. The summed E-state index contributed by atoms with van der Waals surface area (Å²) in [4.78, 5) is 16.1. The fourth-order valence-electron chi connectivity index (χ4n) is 4.16. The number of nitrogens with zero attached hydrogens (tertiary/aromatic N) is 2. The van der Waals surface area contributed by atoms with Gasteiger partial charge in [-0.2, -0.15) is 0 Å². The highest BCUT2D eigenvalue weighted by Crippen LogP contribution is 2.65. The lowest BCUT2D eigenvalue weighted by Crippen LogP contribution is -2.78. The number of carbonyl (C=O) groups is 1. The van der Waals surface area contributed by atoms with Crippen LogP contribution in [0.1, 0.15) is 40.0 Å². The van der Waals surface area contributed by atoms with Gasteiger partial charge in [0.25, 0.3) is 0 Å². The standard InChI is InChI=1S/C19H20ClF2N3O2/c1-17(2,3)27-16(26)24-18-7-19(8-18,9-18)25-6-14(23-10-25)15-12(21)4-11(20)5-13(15)22/h4-6,10H,7-9H2,1-3H3,(H,24,26). The molecule has 0 radical (unpaired) electrons. The molecule has 144 valence electrons. The van der Waals surface area contributed by atoms with E-state index in [9.17, 15) is 13.6 Å². The minimum Gasteiger partial charge on any atom is -0.444 e. The van der Waals surface area contributed by atoms with Gasteiger partial charge in [0.15, 0.2) is 0 Å². The highest BCUT2D eigenvalue weighted by atomic mass is 35.5. The zero-order valence-corrected chi connectivity index (χ0v) is 16.0. The number of aromatic nitrogens is 2. The highest BCUT2D eigenvalue weighted by molar-refractivity contribution is 6.30. The van der Waals surface area contributed by atoms with Crippen LogP contribution in [0.2, 0.25) is 5.02 Å². The number of alkyl carbamates (subject to hydrolysis) is 1. The Labute approximate surface area is 160 Å². The van der Waals surface area contributed by atoms with Crippen LogP contribution in [0.3, 0.4) is 0 Å². The number of halogens is 3. The van der Waals surface area contributed by atoms with Gasteiger partial charge in [0.1, 0.15) is 17.2 Å². The van der Waals surface area contributed by atoms with Crippen molar-refractivity contribution in [1.82, 2.24) is 14.9 Å². The summed E-state index contributed by atoms with van der Waals surface area (Å²) in [5.41, 5.74) is -0.938. The minimum absolute atomic E-state index is 0.00256. The van der Waals surface area contributed by atoms with Crippen LogP contribution < -0.4 is 5.32 Å². The van der Waals surface area contributed by atoms with Crippen molar-refractivity contribution < 1.29 is 18.3 Å². The van der Waals surface area contributed by atoms with Crippen molar-refractivity contribution >= 4 is 17.7 Å². The summed E-state index contributed by atoms with van der Waals surface area (Å²) >= 11 is 5.67. The summed E-state index contributed by atoms with van der Waals surface area (Å²) in [6.45, 7) is 5.45. The Morgan fingerprint density at radius 1 is 1.26 bits per heavy atom. The van der Waals surface area contributed by atoms with E-state index in [-0.39, 0.29) is 27.4 Å². The fraction of sp³-hybridized carbons (Fsp3) is 0.474. The van der Waals surface area contributed by atoms with Crippen LogP contribution in [0, 0.1) is 11.6 Å². The molecule has 1 aromatic heterocycles. The van der Waals surface area contributed by atoms with Gasteiger partial charge in [-0.25, -0.2) is 18.6 Å². The molecule has 1 aromatic carbocycles. The number of imidazole rings is 1. The summed E-state index contributed by atoms with van der Waals surface area (Å²) in [7, 11) is 0. The molecule has 3 aliphatic carbocycles. The van der Waals surface area contributed by atoms with E-state index in [0.717, 1.165) is 31.4 Å². The maximum absolute atomic E-state index is 14.1. The second-order valence-corrected chi connectivity index (χ2v) is 9.01. The van der Waals surface area contributed by atoms with Crippen molar-refractivity contribution in [3.05, 3.63) is 41.3 Å². The van der Waals surface area contributed by atoms with Gasteiger partial charge in [-0.05, 0) is 52.2 Å². The molecule has 3 saturated carbocycles. The molecule has 0 unspecified atom stereocenters. The van der Waals surface area contributed by atoms with E-state index in [1.54, 1.807) is 12.5 Å². The maximum atomic E-state index is 14.1. The predicted molar refractivity (Wildman–Crippen MR) is 96.5 cm³/mol. The average molecular weight is 396 g/mol. The molecule has 2 aromatic rings. The molecule has 3 aliphatic rings. The Morgan fingerprint density at radius 2 is 1.85 bits per heavy atom. The van der Waals surface area contributed by atoms with E-state index in [0.29, 0.717) is 0 Å². The lowest BCUT2D eigenvalue weighted by Gasteiger charge is -2.70. The number of ether oxygens (including phenoxy) is 1. The first-order chi connectivity index (χ1) is 12.5. The molecule has 2 bridgehead atoms. The maximum Gasteiger partial charge on any atom is 0.408 e. The van der Waals surface area contributed by atoms with Crippen LogP contribution in [0.25, 0.3) is 11.3 Å². The number of rotatable bonds is 3. The van der Waals surface area contributed by atoms with E-state index >= 15 is 0 Å². The summed E-state index contributed by atoms with van der Waals surface area (Å²) in [5, 5.41) is 2.95. The molecular weight excluding hydrogens is 376 g/mol. The topological polar surface area (TPSA) is 56.1 Å². The van der Waals surface area contributed by atoms with E-state index in [2.05, 4.69) is 10.3 Å². The van der Waals surface area contributed by atoms with Crippen molar-refractivity contribution in [1.29, 1.82) is 0 Å². The first-order valence-electron chi connectivity index (χ1n) is 8.72. The lowest BCUT2D eigenvalue weighted by molar-refractivity contribution is -0.136. The van der Waals surface area contributed by atoms with Crippen molar-refractivity contribution in [2.45, 2.75) is 56.7 Å². The van der Waals surface area contributed by atoms with Gasteiger partial charge in [-0.1, -0.05) is 11.6 Å². The molecular formula is C19H20ClF2N3O2. The van der Waals surface area contributed by atoms with Gasteiger partial charge in [0, 0.05) is 11.2 Å². The monoisotopic (exact) mass is 395 g/mol. The number of amides is 1. The highest BCUT2D eigenvalue weighted by Gasteiger charge is 2.70. The van der Waals surface area contributed by atoms with E-state index < -0.39 is 23.3 Å². The van der Waals surface area contributed by atoms with Gasteiger partial charge < -0.3 is 14.6 Å². The SMILES string of the molecule is CC(C)(C)OC(=O)NC12CC(n3cnc(-c4c(F)cc(Cl)cc4F)c3)(C1)C2. The van der Waals surface area contributed by atoms with E-state index in [4.69, 9.17) is 16.3 Å². The molecule has 3 fully saturated rings. The Kier molecular flexibility index (Phi) is 3.83. The molecule has 0 aliphatic heterocycles. The molecule has 5 nitrogen and oxygen atoms in total. The number of benzene rings is 1. The molecule has 8 heteroatoms. The van der Waals surface area contributed by atoms with Gasteiger partial charge in [-0.15, -0.1) is 0 Å². The summed E-state index contributed by atoms with van der Waals surface area (Å²) < 4.78 is 35.4. The summed E-state index contributed by atoms with van der Waals surface area (Å²) in [5.74, 6) is -1.49. The molecule has 1 N–H and O–H groups in total. The zero-order chi connectivity index (χ0) is 19.6. The second kappa shape index (κ2) is 5.67. The van der Waals surface area contributed by atoms with Gasteiger partial charge in [0.2, 0.25) is 0 Å². The Bertz CT molecular complexity index is 892. The average Bonchev–Trinajstić information content (AvgIpc) is 2.87. The summed E-state index contributed by atoms with van der Waals surface area (Å²) in [6.07, 6.45) is 5.01. The normalized spacial score (nSPS) is 26.1. The molecule has 1 heterocycles. The molecule has 5 rings (SSSR count). The number of carbonyl (C=O) groups excluding carboxylic acids is 1. The molecule has 1 amide bonds. The number of nitrogens with one attached hydrogen (secondary N) is 1. The van der Waals surface area contributed by atoms with Crippen molar-refractivity contribution in [3.8, 4) is 11.3 Å². The Balaban J connectivity index is 1.46. The Morgan fingerprint density at radius 3 is 2.41 bits per heavy atom. The van der Waals surface area contributed by atoms with Crippen molar-refractivity contribution in [2.24, 2.45) is 0 Å². The van der Waals surface area contributed by atoms with Gasteiger partial charge in [0.05, 0.1) is 28.7 Å². The van der Waals surface area contributed by atoms with Crippen molar-refractivity contribution in [2.75, 3.05) is 0 Å². The lowest BCUT2D eigenvalue weighted by atomic mass is 9.44. The van der Waals surface area contributed by atoms with Crippen LogP contribution in [-0.4, -0.2) is 26.8 Å². The number of hydrogen-bond donors (Lipinski definition) is 1. The summed E-state index contributed by atoms with van der Waals surface area (Å²) in [6, 6.07) is 2.14. The first-order valence-corrected chi connectivity index (χ1v) is 9.09. The zero-order valence-electron chi connectivity index (χ0n) is 15.3. The van der Waals surface area contributed by atoms with E-state index in [1.807, 2.05) is 25.3 Å². The van der Waals surface area contributed by atoms with Gasteiger partial charge in [-0.3, -0.25) is 0 Å². The van der Waals surface area contributed by atoms with Crippen LogP contribution in [0.5, 0.6) is 0 Å². The van der Waals surface area contributed by atoms with Crippen LogP contribution in [0.15, 0.2) is 24.7 Å². The minimum atomic E-state index is -0.745. The second-order valence-electron chi connectivity index (χ2n) is 8.57. The van der Waals surface area contributed by atoms with Crippen LogP contribution in [-0.2, 0) is 10.3 Å². The third kappa shape index (κ3) is 3.08. The van der Waals surface area contributed by atoms with Gasteiger partial charge >= 0.3 is 6.09 Å². The van der Waals surface area contributed by atoms with Crippen LogP contribution >= 0.6 is 11.6 Å². The first kappa shape index (κ1) is 18.2. The third-order valence-electron chi connectivity index (χ3n) is 5.16. The fourth-order valence-corrected chi connectivity index (χ4v) is 4.35. The number of hydrogen-bond acceptors (Lipinski definition) is 3. The molecule has 0 saturated heterocycles. The Hall–Kier alpha value is -2.15. The smallest absolute Gasteiger partial charge is 0.408 e. The largest absolute Gasteiger partial charge is 0.444 e.